The lowest BCUT2D eigenvalue weighted by Gasteiger charge is -2.24. The summed E-state index contributed by atoms with van der Waals surface area (Å²) >= 11 is 12.6. The maximum atomic E-state index is 9.55. The van der Waals surface area contributed by atoms with Gasteiger partial charge in [-0.05, 0) is 24.6 Å². The molecule has 1 aliphatic heterocycles. The number of hydrogen-bond donors (Lipinski definition) is 2. The number of nitriles is 1. The number of ether oxygens (including phenoxy) is 2. The molecule has 2 aromatic rings. The predicted molar refractivity (Wildman–Crippen MR) is 93.4 cm³/mol. The van der Waals surface area contributed by atoms with Gasteiger partial charge in [0.15, 0.2) is 5.75 Å². The van der Waals surface area contributed by atoms with Gasteiger partial charge in [-0.1, -0.05) is 29.1 Å². The highest BCUT2D eigenvalue weighted by Crippen LogP contribution is 2.45. The summed E-state index contributed by atoms with van der Waals surface area (Å²) in [6, 6.07) is 5.42. The van der Waals surface area contributed by atoms with Crippen LogP contribution in [0.25, 0.3) is 0 Å². The quantitative estimate of drug-likeness (QED) is 0.803. The highest BCUT2D eigenvalue weighted by Gasteiger charge is 2.34. The van der Waals surface area contributed by atoms with Crippen LogP contribution in [-0.2, 0) is 0 Å². The van der Waals surface area contributed by atoms with E-state index in [1.165, 1.54) is 0 Å². The first-order valence-corrected chi connectivity index (χ1v) is 7.91. The molecule has 0 spiro atoms. The van der Waals surface area contributed by atoms with Crippen LogP contribution in [-0.4, -0.2) is 16.8 Å². The van der Waals surface area contributed by atoms with Crippen LogP contribution >= 0.6 is 23.2 Å². The Morgan fingerprint density at radius 1 is 1.44 bits per heavy atom. The number of hydrogen-bond acceptors (Lipinski definition) is 5. The van der Waals surface area contributed by atoms with Crippen LogP contribution in [0.5, 0.6) is 11.6 Å². The van der Waals surface area contributed by atoms with Crippen molar-refractivity contribution in [2.45, 2.75) is 12.8 Å². The van der Waals surface area contributed by atoms with Gasteiger partial charge in [-0.15, -0.1) is 11.5 Å². The topological polar surface area (TPSA) is 96.9 Å². The van der Waals surface area contributed by atoms with E-state index in [0.29, 0.717) is 17.0 Å². The second-order valence-corrected chi connectivity index (χ2v) is 6.11. The van der Waals surface area contributed by atoms with Gasteiger partial charge in [-0.2, -0.15) is 5.26 Å². The molecular weight excluding hydrogens is 363 g/mol. The number of allylic oxidation sites excluding steroid dienone is 1. The molecule has 0 amide bonds. The SMILES string of the molecule is C#CCOc1c(Cl)cc([C@H]2C(C#N)=C(N)Oc3n[nH]c(C)c32)cc1Cl. The van der Waals surface area contributed by atoms with Crippen LogP contribution in [0, 0.1) is 30.6 Å². The molecule has 0 fully saturated rings. The molecule has 1 aliphatic rings. The first-order chi connectivity index (χ1) is 12.0. The van der Waals surface area contributed by atoms with Crippen molar-refractivity contribution in [3.63, 3.8) is 0 Å². The molecule has 0 unspecified atom stereocenters. The van der Waals surface area contributed by atoms with E-state index in [2.05, 4.69) is 22.2 Å². The van der Waals surface area contributed by atoms with Crippen LogP contribution in [0.2, 0.25) is 10.0 Å². The summed E-state index contributed by atoms with van der Waals surface area (Å²) in [5, 5.41) is 17.0. The fourth-order valence-corrected chi connectivity index (χ4v) is 3.34. The Kier molecular flexibility index (Phi) is 4.50. The van der Waals surface area contributed by atoms with E-state index in [-0.39, 0.29) is 33.9 Å². The molecule has 25 heavy (non-hydrogen) atoms. The minimum Gasteiger partial charge on any atom is -0.478 e. The maximum Gasteiger partial charge on any atom is 0.244 e. The van der Waals surface area contributed by atoms with E-state index in [1.54, 1.807) is 12.1 Å². The number of aromatic amines is 1. The zero-order valence-corrected chi connectivity index (χ0v) is 14.6. The van der Waals surface area contributed by atoms with Crippen molar-refractivity contribution in [1.29, 1.82) is 5.26 Å². The molecule has 3 N–H and O–H groups in total. The van der Waals surface area contributed by atoms with E-state index in [1.807, 2.05) is 6.92 Å². The fourth-order valence-electron chi connectivity index (χ4n) is 2.73. The van der Waals surface area contributed by atoms with Gasteiger partial charge in [0.25, 0.3) is 0 Å². The maximum absolute atomic E-state index is 9.55. The Morgan fingerprint density at radius 2 is 2.12 bits per heavy atom. The smallest absolute Gasteiger partial charge is 0.244 e. The minimum atomic E-state index is -0.510. The first kappa shape index (κ1) is 17.0. The molecular formula is C17H12Cl2N4O2. The van der Waals surface area contributed by atoms with Crippen LogP contribution < -0.4 is 15.2 Å². The molecule has 126 valence electrons. The molecule has 0 aliphatic carbocycles. The normalized spacial score (nSPS) is 15.8. The van der Waals surface area contributed by atoms with Gasteiger partial charge < -0.3 is 15.2 Å². The average molecular weight is 375 g/mol. The minimum absolute atomic E-state index is 0.00796. The summed E-state index contributed by atoms with van der Waals surface area (Å²) in [7, 11) is 0. The number of benzene rings is 1. The number of nitrogens with two attached hydrogens (primary N) is 1. The Hall–Kier alpha value is -2.80. The van der Waals surface area contributed by atoms with Crippen molar-refractivity contribution < 1.29 is 9.47 Å². The third-order valence-electron chi connectivity index (χ3n) is 3.78. The zero-order valence-electron chi connectivity index (χ0n) is 13.1. The van der Waals surface area contributed by atoms with E-state index >= 15 is 0 Å². The van der Waals surface area contributed by atoms with Gasteiger partial charge in [0, 0.05) is 11.3 Å². The van der Waals surface area contributed by atoms with Gasteiger partial charge >= 0.3 is 0 Å². The van der Waals surface area contributed by atoms with Gasteiger partial charge in [-0.3, -0.25) is 5.10 Å². The Balaban J connectivity index is 2.17. The summed E-state index contributed by atoms with van der Waals surface area (Å²) in [5.41, 5.74) is 8.25. The van der Waals surface area contributed by atoms with Crippen molar-refractivity contribution >= 4 is 23.2 Å². The molecule has 8 heteroatoms. The van der Waals surface area contributed by atoms with Crippen molar-refractivity contribution in [2.24, 2.45) is 5.73 Å². The number of nitrogens with zero attached hydrogens (tertiary/aromatic N) is 2. The Morgan fingerprint density at radius 3 is 2.72 bits per heavy atom. The lowest BCUT2D eigenvalue weighted by atomic mass is 9.84. The monoisotopic (exact) mass is 374 g/mol. The molecule has 0 saturated heterocycles. The van der Waals surface area contributed by atoms with Crippen LogP contribution in [0.15, 0.2) is 23.6 Å². The highest BCUT2D eigenvalue weighted by atomic mass is 35.5. The fraction of sp³-hybridized carbons (Fsp3) is 0.176. The zero-order chi connectivity index (χ0) is 18.1. The second kappa shape index (κ2) is 6.60. The van der Waals surface area contributed by atoms with Crippen LogP contribution in [0.4, 0.5) is 0 Å². The predicted octanol–water partition coefficient (Wildman–Crippen LogP) is 3.26. The molecule has 2 heterocycles. The summed E-state index contributed by atoms with van der Waals surface area (Å²) in [6.07, 6.45) is 5.19. The number of halogens is 2. The summed E-state index contributed by atoms with van der Waals surface area (Å²) < 4.78 is 10.8. The largest absolute Gasteiger partial charge is 0.478 e. The first-order valence-electron chi connectivity index (χ1n) is 7.15. The summed E-state index contributed by atoms with van der Waals surface area (Å²) in [6.45, 7) is 1.86. The standard InChI is InChI=1S/C17H12Cl2N4O2/c1-3-4-24-15-11(18)5-9(6-12(15)19)14-10(7-20)16(21)25-17-13(14)8(2)22-23-17/h1,5-6,14H,4,21H2,2H3,(H,22,23)/t14-/m0/s1. The van der Waals surface area contributed by atoms with Gasteiger partial charge in [-0.25, -0.2) is 0 Å². The molecule has 0 bridgehead atoms. The van der Waals surface area contributed by atoms with Crippen molar-refractivity contribution in [3.05, 3.63) is 50.5 Å². The molecule has 1 aromatic heterocycles. The number of fused-ring (bicyclic) bond motifs is 1. The third-order valence-corrected chi connectivity index (χ3v) is 4.34. The lowest BCUT2D eigenvalue weighted by Crippen LogP contribution is -2.21. The molecule has 0 radical (unpaired) electrons. The Labute approximate surface area is 154 Å². The molecule has 3 rings (SSSR count). The molecule has 6 nitrogen and oxygen atoms in total. The third kappa shape index (κ3) is 2.87. The Bertz CT molecular complexity index is 943. The van der Waals surface area contributed by atoms with Gasteiger partial charge in [0.05, 0.1) is 16.0 Å². The van der Waals surface area contributed by atoms with Gasteiger partial charge in [0.1, 0.15) is 18.2 Å². The molecule has 0 saturated carbocycles. The van der Waals surface area contributed by atoms with Crippen molar-refractivity contribution in [2.75, 3.05) is 6.61 Å². The highest BCUT2D eigenvalue weighted by molar-refractivity contribution is 6.37. The van der Waals surface area contributed by atoms with Crippen LogP contribution in [0.3, 0.4) is 0 Å². The van der Waals surface area contributed by atoms with E-state index in [9.17, 15) is 5.26 Å². The lowest BCUT2D eigenvalue weighted by molar-refractivity contribution is 0.370. The number of aryl methyl sites for hydroxylation is 1. The number of terminal acetylenes is 1. The number of nitrogens with one attached hydrogen (secondary N) is 1. The molecule has 1 aromatic carbocycles. The number of rotatable bonds is 3. The second-order valence-electron chi connectivity index (χ2n) is 5.30. The van der Waals surface area contributed by atoms with Gasteiger partial charge in [0.2, 0.25) is 11.8 Å². The summed E-state index contributed by atoms with van der Waals surface area (Å²) in [5.74, 6) is 2.44. The van der Waals surface area contributed by atoms with E-state index in [0.717, 1.165) is 5.69 Å². The summed E-state index contributed by atoms with van der Waals surface area (Å²) in [4.78, 5) is 0. The molecule has 1 atom stereocenters. The van der Waals surface area contributed by atoms with E-state index < -0.39 is 5.92 Å². The van der Waals surface area contributed by atoms with E-state index in [4.69, 9.17) is 44.8 Å². The number of H-pyrrole nitrogens is 1. The van der Waals surface area contributed by atoms with Crippen molar-refractivity contribution in [1.82, 2.24) is 10.2 Å². The van der Waals surface area contributed by atoms with Crippen LogP contribution in [0.1, 0.15) is 22.7 Å². The average Bonchev–Trinajstić information content (AvgIpc) is 2.93. The number of aromatic nitrogens is 2. The van der Waals surface area contributed by atoms with Crippen molar-refractivity contribution in [3.8, 4) is 30.0 Å².